The molecule has 0 aliphatic carbocycles. The first-order valence-electron chi connectivity index (χ1n) is 14.9. The van der Waals surface area contributed by atoms with E-state index >= 15 is 0 Å². The van der Waals surface area contributed by atoms with Gasteiger partial charge in [0.05, 0.1) is 10.9 Å². The van der Waals surface area contributed by atoms with Gasteiger partial charge in [-0.15, -0.1) is 0 Å². The average Bonchev–Trinajstić information content (AvgIpc) is 2.92. The van der Waals surface area contributed by atoms with Crippen LogP contribution >= 0.6 is 8.38 Å². The molecule has 4 aromatic rings. The predicted molar refractivity (Wildman–Crippen MR) is 178 cm³/mol. The Morgan fingerprint density at radius 2 is 1.33 bits per heavy atom. The number of aryl methyl sites for hydroxylation is 1. The fourth-order valence-corrected chi connectivity index (χ4v) is 6.90. The van der Waals surface area contributed by atoms with E-state index < -0.39 is 8.38 Å². The standard InChI is InChI=1S/C38H43O4P/c1-24-21-25(35(39)40-32-20-19-26(36(2,3)4)23-29(32)37(5,6)7)22-30(38(8,9)10)34(24)42-43-33-18-14-12-16-28(33)27-15-11-13-17-31(27)41-43/h11-23H,1-10H3. The first-order chi connectivity index (χ1) is 20.0. The maximum atomic E-state index is 13.7. The third-order valence-electron chi connectivity index (χ3n) is 7.81. The van der Waals surface area contributed by atoms with E-state index in [0.717, 1.165) is 44.6 Å². The second-order valence-corrected chi connectivity index (χ2v) is 15.8. The van der Waals surface area contributed by atoms with Crippen LogP contribution in [0.3, 0.4) is 0 Å². The molecule has 0 fully saturated rings. The highest BCUT2D eigenvalue weighted by atomic mass is 31.2. The zero-order valence-corrected chi connectivity index (χ0v) is 28.0. The van der Waals surface area contributed by atoms with Gasteiger partial charge in [-0.2, -0.15) is 0 Å². The van der Waals surface area contributed by atoms with Gasteiger partial charge in [-0.3, -0.25) is 0 Å². The van der Waals surface area contributed by atoms with Crippen LogP contribution in [0.4, 0.5) is 0 Å². The number of hydrogen-bond donors (Lipinski definition) is 0. The summed E-state index contributed by atoms with van der Waals surface area (Å²) < 4.78 is 19.4. The summed E-state index contributed by atoms with van der Waals surface area (Å²) in [5.74, 6) is 1.77. The van der Waals surface area contributed by atoms with Crippen molar-refractivity contribution in [1.29, 1.82) is 0 Å². The van der Waals surface area contributed by atoms with Crippen molar-refractivity contribution in [3.05, 3.63) is 107 Å². The van der Waals surface area contributed by atoms with Gasteiger partial charge in [-0.05, 0) is 70.2 Å². The van der Waals surface area contributed by atoms with Gasteiger partial charge in [-0.1, -0.05) is 111 Å². The summed E-state index contributed by atoms with van der Waals surface area (Å²) in [5.41, 5.74) is 6.19. The van der Waals surface area contributed by atoms with Gasteiger partial charge in [0.15, 0.2) is 0 Å². The number of rotatable bonds is 4. The van der Waals surface area contributed by atoms with Gasteiger partial charge in [0, 0.05) is 16.7 Å². The normalized spacial score (nSPS) is 14.8. The largest absolute Gasteiger partial charge is 0.435 e. The van der Waals surface area contributed by atoms with Crippen LogP contribution in [0.1, 0.15) is 94.9 Å². The maximum Gasteiger partial charge on any atom is 0.343 e. The van der Waals surface area contributed by atoms with Gasteiger partial charge in [0.1, 0.15) is 17.2 Å². The second kappa shape index (κ2) is 11.1. The molecule has 0 saturated carbocycles. The number of fused-ring (bicyclic) bond motifs is 3. The fourth-order valence-electron chi connectivity index (χ4n) is 5.32. The number of carbonyl (C=O) groups excluding carboxylic acids is 1. The van der Waals surface area contributed by atoms with Crippen molar-refractivity contribution in [1.82, 2.24) is 0 Å². The van der Waals surface area contributed by atoms with Crippen LogP contribution in [0.25, 0.3) is 11.1 Å². The summed E-state index contributed by atoms with van der Waals surface area (Å²) in [4.78, 5) is 13.7. The van der Waals surface area contributed by atoms with Crippen LogP contribution in [0.5, 0.6) is 17.2 Å². The van der Waals surface area contributed by atoms with E-state index in [2.05, 4.69) is 92.6 Å². The lowest BCUT2D eigenvalue weighted by Crippen LogP contribution is -2.21. The first-order valence-corrected chi connectivity index (χ1v) is 16.1. The minimum absolute atomic E-state index is 0.0106. The number of hydrogen-bond acceptors (Lipinski definition) is 4. The van der Waals surface area contributed by atoms with E-state index in [1.54, 1.807) is 0 Å². The first kappa shape index (κ1) is 30.8. The molecule has 1 unspecified atom stereocenters. The van der Waals surface area contributed by atoms with Crippen molar-refractivity contribution in [3.8, 4) is 28.4 Å². The van der Waals surface area contributed by atoms with E-state index in [1.165, 1.54) is 5.56 Å². The minimum atomic E-state index is -1.44. The Morgan fingerprint density at radius 3 is 1.98 bits per heavy atom. The topological polar surface area (TPSA) is 44.8 Å². The van der Waals surface area contributed by atoms with Crippen LogP contribution in [-0.2, 0) is 16.2 Å². The van der Waals surface area contributed by atoms with Crippen LogP contribution in [0, 0.1) is 6.92 Å². The molecule has 1 heterocycles. The molecule has 0 spiro atoms. The molecular formula is C38H43O4P. The Labute approximate surface area is 258 Å². The molecular weight excluding hydrogens is 551 g/mol. The van der Waals surface area contributed by atoms with Crippen molar-refractivity contribution < 1.29 is 18.6 Å². The van der Waals surface area contributed by atoms with E-state index in [0.29, 0.717) is 11.3 Å². The Morgan fingerprint density at radius 1 is 0.698 bits per heavy atom. The van der Waals surface area contributed by atoms with Crippen LogP contribution in [0.15, 0.2) is 78.9 Å². The highest BCUT2D eigenvalue weighted by molar-refractivity contribution is 7.57. The Kier molecular flexibility index (Phi) is 7.99. The number of esters is 1. The molecule has 0 amide bonds. The van der Waals surface area contributed by atoms with Crippen molar-refractivity contribution in [2.24, 2.45) is 0 Å². The van der Waals surface area contributed by atoms with Crippen molar-refractivity contribution in [2.75, 3.05) is 0 Å². The Bertz CT molecular complexity index is 1680. The third kappa shape index (κ3) is 6.36. The molecule has 43 heavy (non-hydrogen) atoms. The summed E-state index contributed by atoms with van der Waals surface area (Å²) in [5, 5.41) is 1.03. The molecule has 0 bridgehead atoms. The zero-order chi connectivity index (χ0) is 31.3. The quantitative estimate of drug-likeness (QED) is 0.134. The molecule has 224 valence electrons. The van der Waals surface area contributed by atoms with Crippen molar-refractivity contribution in [3.63, 3.8) is 0 Å². The van der Waals surface area contributed by atoms with Crippen molar-refractivity contribution in [2.45, 2.75) is 85.5 Å². The Hall–Kier alpha value is -3.62. The third-order valence-corrected chi connectivity index (χ3v) is 9.30. The van der Waals surface area contributed by atoms with Gasteiger partial charge in [-0.25, -0.2) is 4.79 Å². The molecule has 5 heteroatoms. The van der Waals surface area contributed by atoms with Crippen molar-refractivity contribution >= 4 is 19.6 Å². The highest BCUT2D eigenvalue weighted by Gasteiger charge is 2.33. The van der Waals surface area contributed by atoms with Crippen LogP contribution < -0.4 is 19.1 Å². The predicted octanol–water partition coefficient (Wildman–Crippen LogP) is 10.2. The lowest BCUT2D eigenvalue weighted by molar-refractivity contribution is 0.0731. The summed E-state index contributed by atoms with van der Waals surface area (Å²) in [7, 11) is -1.44. The van der Waals surface area contributed by atoms with Crippen LogP contribution in [-0.4, -0.2) is 5.97 Å². The summed E-state index contributed by atoms with van der Waals surface area (Å²) in [6.45, 7) is 21.4. The molecule has 0 radical (unpaired) electrons. The molecule has 0 aromatic heterocycles. The number of benzene rings is 4. The summed E-state index contributed by atoms with van der Waals surface area (Å²) >= 11 is 0. The molecule has 0 saturated heterocycles. The molecule has 4 nitrogen and oxygen atoms in total. The van der Waals surface area contributed by atoms with E-state index in [1.807, 2.05) is 55.5 Å². The van der Waals surface area contributed by atoms with Gasteiger partial charge >= 0.3 is 14.3 Å². The Balaban J connectivity index is 1.51. The maximum absolute atomic E-state index is 13.7. The molecule has 1 aliphatic rings. The number of para-hydroxylation sites is 1. The summed E-state index contributed by atoms with van der Waals surface area (Å²) in [6.07, 6.45) is 0. The lowest BCUT2D eigenvalue weighted by atomic mass is 9.80. The SMILES string of the molecule is Cc1cc(C(=O)Oc2ccc(C(C)(C)C)cc2C(C)(C)C)cc(C(C)(C)C)c1OP1Oc2ccccc2-c2ccccc21. The minimum Gasteiger partial charge on any atom is -0.435 e. The molecule has 4 aromatic carbocycles. The molecule has 0 N–H and O–H groups in total. The number of carbonyl (C=O) groups is 1. The van der Waals surface area contributed by atoms with Gasteiger partial charge in [0.2, 0.25) is 0 Å². The van der Waals surface area contributed by atoms with E-state index in [4.69, 9.17) is 13.8 Å². The van der Waals surface area contributed by atoms with E-state index in [-0.39, 0.29) is 22.2 Å². The monoisotopic (exact) mass is 594 g/mol. The fraction of sp³-hybridized carbons (Fsp3) is 0.342. The average molecular weight is 595 g/mol. The number of ether oxygens (including phenoxy) is 1. The van der Waals surface area contributed by atoms with Gasteiger partial charge in [0.25, 0.3) is 0 Å². The second-order valence-electron chi connectivity index (χ2n) is 14.5. The zero-order valence-electron chi connectivity index (χ0n) is 27.1. The van der Waals surface area contributed by atoms with Crippen LogP contribution in [0.2, 0.25) is 0 Å². The van der Waals surface area contributed by atoms with Gasteiger partial charge < -0.3 is 13.8 Å². The summed E-state index contributed by atoms with van der Waals surface area (Å²) in [6, 6.07) is 26.3. The van der Waals surface area contributed by atoms with E-state index in [9.17, 15) is 4.79 Å². The molecule has 1 atom stereocenters. The lowest BCUT2D eigenvalue weighted by Gasteiger charge is -2.31. The highest BCUT2D eigenvalue weighted by Crippen LogP contribution is 2.51. The molecule has 1 aliphatic heterocycles. The smallest absolute Gasteiger partial charge is 0.343 e. The molecule has 5 rings (SSSR count).